The second kappa shape index (κ2) is 3.92. The summed E-state index contributed by atoms with van der Waals surface area (Å²) in [6, 6.07) is 8.42. The van der Waals surface area contributed by atoms with Gasteiger partial charge in [0.25, 0.3) is 0 Å². The van der Waals surface area contributed by atoms with Crippen LogP contribution in [-0.2, 0) is 0 Å². The first-order chi connectivity index (χ1) is 9.31. The molecule has 1 fully saturated rings. The lowest BCUT2D eigenvalue weighted by Crippen LogP contribution is -1.83. The number of fused-ring (bicyclic) bond motifs is 1. The lowest BCUT2D eigenvalue weighted by molar-refractivity contribution is 0.424. The van der Waals surface area contributed by atoms with Gasteiger partial charge >= 0.3 is 0 Å². The smallest absolute Gasteiger partial charge is 0.167 e. The van der Waals surface area contributed by atoms with E-state index in [0.29, 0.717) is 5.92 Å². The molecule has 3 aromatic rings. The Bertz CT molecular complexity index is 756. The molecule has 19 heavy (non-hydrogen) atoms. The molecule has 0 radical (unpaired) electrons. The fraction of sp³-hybridized carbons (Fsp3) is 0.250. The standard InChI is InChI=1S/C16H14N2O/c1-10-6-12-4-5-17-9-14(12)13(7-10)16-8-15(18-19-16)11-2-3-11/h4-9,11H,2-3H2,1H3. The summed E-state index contributed by atoms with van der Waals surface area (Å²) >= 11 is 0. The molecule has 1 saturated carbocycles. The van der Waals surface area contributed by atoms with E-state index in [2.05, 4.69) is 35.3 Å². The molecule has 1 aromatic carbocycles. The molecule has 0 bridgehead atoms. The minimum atomic E-state index is 0.617. The van der Waals surface area contributed by atoms with Gasteiger partial charge in [0.2, 0.25) is 0 Å². The van der Waals surface area contributed by atoms with Crippen LogP contribution in [0.1, 0.15) is 30.0 Å². The molecule has 1 aliphatic carbocycles. The Morgan fingerprint density at radius 3 is 2.95 bits per heavy atom. The highest BCUT2D eigenvalue weighted by Gasteiger charge is 2.27. The summed E-state index contributed by atoms with van der Waals surface area (Å²) in [7, 11) is 0. The number of pyridine rings is 1. The number of aryl methyl sites for hydroxylation is 1. The lowest BCUT2D eigenvalue weighted by Gasteiger charge is -2.04. The number of hydrogen-bond donors (Lipinski definition) is 0. The molecule has 3 nitrogen and oxygen atoms in total. The first-order valence-corrected chi connectivity index (χ1v) is 6.62. The zero-order chi connectivity index (χ0) is 12.8. The molecular weight excluding hydrogens is 236 g/mol. The van der Waals surface area contributed by atoms with E-state index in [0.717, 1.165) is 22.4 Å². The van der Waals surface area contributed by atoms with Crippen molar-refractivity contribution in [2.75, 3.05) is 0 Å². The van der Waals surface area contributed by atoms with Gasteiger partial charge in [-0.2, -0.15) is 0 Å². The van der Waals surface area contributed by atoms with E-state index < -0.39 is 0 Å². The van der Waals surface area contributed by atoms with E-state index >= 15 is 0 Å². The molecule has 0 N–H and O–H groups in total. The van der Waals surface area contributed by atoms with Crippen molar-refractivity contribution < 1.29 is 4.52 Å². The molecule has 3 heteroatoms. The summed E-state index contributed by atoms with van der Waals surface area (Å²) in [4.78, 5) is 4.22. The SMILES string of the molecule is Cc1cc(-c2cc(C3CC3)no2)c2cnccc2c1. The first-order valence-electron chi connectivity index (χ1n) is 6.62. The number of aromatic nitrogens is 2. The van der Waals surface area contributed by atoms with Gasteiger partial charge in [0, 0.05) is 35.3 Å². The number of benzene rings is 1. The molecule has 2 heterocycles. The van der Waals surface area contributed by atoms with Gasteiger partial charge < -0.3 is 4.52 Å². The fourth-order valence-corrected chi connectivity index (χ4v) is 2.54. The Balaban J connectivity index is 1.92. The van der Waals surface area contributed by atoms with Crippen molar-refractivity contribution in [2.24, 2.45) is 0 Å². The van der Waals surface area contributed by atoms with E-state index in [4.69, 9.17) is 4.52 Å². The van der Waals surface area contributed by atoms with Gasteiger partial charge in [-0.25, -0.2) is 0 Å². The monoisotopic (exact) mass is 250 g/mol. The van der Waals surface area contributed by atoms with Crippen LogP contribution in [0.15, 0.2) is 41.2 Å². The molecule has 94 valence electrons. The molecule has 2 aromatic heterocycles. The minimum Gasteiger partial charge on any atom is -0.356 e. The number of rotatable bonds is 2. The zero-order valence-corrected chi connectivity index (χ0v) is 10.8. The largest absolute Gasteiger partial charge is 0.356 e. The van der Waals surface area contributed by atoms with Gasteiger partial charge in [-0.05, 0) is 42.8 Å². The zero-order valence-electron chi connectivity index (χ0n) is 10.8. The summed E-state index contributed by atoms with van der Waals surface area (Å²) in [5.74, 6) is 1.47. The molecule has 0 aliphatic heterocycles. The van der Waals surface area contributed by atoms with Gasteiger partial charge in [0.05, 0.1) is 5.69 Å². The summed E-state index contributed by atoms with van der Waals surface area (Å²) in [6.07, 6.45) is 6.19. The summed E-state index contributed by atoms with van der Waals surface area (Å²) in [5.41, 5.74) is 3.40. The Hall–Kier alpha value is -2.16. The maximum Gasteiger partial charge on any atom is 0.167 e. The highest BCUT2D eigenvalue weighted by atomic mass is 16.5. The summed E-state index contributed by atoms with van der Waals surface area (Å²) < 4.78 is 5.54. The van der Waals surface area contributed by atoms with Gasteiger partial charge in [-0.15, -0.1) is 0 Å². The molecule has 0 saturated heterocycles. The van der Waals surface area contributed by atoms with Crippen LogP contribution >= 0.6 is 0 Å². The first kappa shape index (κ1) is 10.7. The van der Waals surface area contributed by atoms with Crippen LogP contribution in [0.2, 0.25) is 0 Å². The number of nitrogens with zero attached hydrogens (tertiary/aromatic N) is 2. The minimum absolute atomic E-state index is 0.617. The van der Waals surface area contributed by atoms with Gasteiger partial charge in [-0.1, -0.05) is 11.2 Å². The Morgan fingerprint density at radius 1 is 1.21 bits per heavy atom. The summed E-state index contributed by atoms with van der Waals surface area (Å²) in [5, 5.41) is 6.50. The number of hydrogen-bond acceptors (Lipinski definition) is 3. The Kier molecular flexibility index (Phi) is 2.21. The second-order valence-corrected chi connectivity index (χ2v) is 5.30. The second-order valence-electron chi connectivity index (χ2n) is 5.30. The lowest BCUT2D eigenvalue weighted by atomic mass is 10.0. The Labute approximate surface area is 111 Å². The highest BCUT2D eigenvalue weighted by Crippen LogP contribution is 2.41. The Morgan fingerprint density at radius 2 is 2.11 bits per heavy atom. The van der Waals surface area contributed by atoms with Gasteiger partial charge in [-0.3, -0.25) is 4.98 Å². The third-order valence-corrected chi connectivity index (χ3v) is 3.69. The predicted molar refractivity (Wildman–Crippen MR) is 74.0 cm³/mol. The van der Waals surface area contributed by atoms with Crippen LogP contribution in [0, 0.1) is 6.92 Å². The van der Waals surface area contributed by atoms with Crippen LogP contribution in [0.5, 0.6) is 0 Å². The van der Waals surface area contributed by atoms with Crippen molar-refractivity contribution in [3.8, 4) is 11.3 Å². The molecule has 4 rings (SSSR count). The van der Waals surface area contributed by atoms with E-state index in [9.17, 15) is 0 Å². The molecule has 0 amide bonds. The third kappa shape index (κ3) is 1.82. The van der Waals surface area contributed by atoms with Crippen molar-refractivity contribution in [2.45, 2.75) is 25.7 Å². The molecule has 0 spiro atoms. The fourth-order valence-electron chi connectivity index (χ4n) is 2.54. The third-order valence-electron chi connectivity index (χ3n) is 3.69. The quantitative estimate of drug-likeness (QED) is 0.688. The molecule has 0 unspecified atom stereocenters. The molecule has 1 aliphatic rings. The van der Waals surface area contributed by atoms with Crippen molar-refractivity contribution in [1.82, 2.24) is 10.1 Å². The van der Waals surface area contributed by atoms with E-state index in [-0.39, 0.29) is 0 Å². The van der Waals surface area contributed by atoms with Crippen LogP contribution < -0.4 is 0 Å². The molecule has 0 atom stereocenters. The topological polar surface area (TPSA) is 38.9 Å². The van der Waals surface area contributed by atoms with Gasteiger partial charge in [0.15, 0.2) is 5.76 Å². The van der Waals surface area contributed by atoms with Crippen LogP contribution in [0.25, 0.3) is 22.1 Å². The van der Waals surface area contributed by atoms with Crippen molar-refractivity contribution in [3.63, 3.8) is 0 Å². The van der Waals surface area contributed by atoms with Gasteiger partial charge in [0.1, 0.15) is 0 Å². The van der Waals surface area contributed by atoms with Crippen LogP contribution in [0.3, 0.4) is 0 Å². The van der Waals surface area contributed by atoms with E-state index in [1.54, 1.807) is 0 Å². The van der Waals surface area contributed by atoms with Crippen LogP contribution in [0.4, 0.5) is 0 Å². The van der Waals surface area contributed by atoms with E-state index in [1.807, 2.05) is 18.5 Å². The van der Waals surface area contributed by atoms with Crippen molar-refractivity contribution in [3.05, 3.63) is 47.9 Å². The highest BCUT2D eigenvalue weighted by molar-refractivity contribution is 5.95. The average molecular weight is 250 g/mol. The van der Waals surface area contributed by atoms with E-state index in [1.165, 1.54) is 23.8 Å². The average Bonchev–Trinajstić information content (AvgIpc) is 3.16. The van der Waals surface area contributed by atoms with Crippen molar-refractivity contribution in [1.29, 1.82) is 0 Å². The predicted octanol–water partition coefficient (Wildman–Crippen LogP) is 4.08. The normalized spacial score (nSPS) is 15.0. The van der Waals surface area contributed by atoms with Crippen molar-refractivity contribution >= 4 is 10.8 Å². The summed E-state index contributed by atoms with van der Waals surface area (Å²) in [6.45, 7) is 2.10. The maximum absolute atomic E-state index is 5.54. The molecular formula is C16H14N2O. The van der Waals surface area contributed by atoms with Crippen LogP contribution in [-0.4, -0.2) is 10.1 Å². The maximum atomic E-state index is 5.54.